The van der Waals surface area contributed by atoms with Gasteiger partial charge in [-0.15, -0.1) is 0 Å². The van der Waals surface area contributed by atoms with Crippen LogP contribution in [0.5, 0.6) is 0 Å². The minimum absolute atomic E-state index is 0.297. The Hall–Kier alpha value is -1.72. The topological polar surface area (TPSA) is 62.2 Å². The van der Waals surface area contributed by atoms with Gasteiger partial charge in [-0.2, -0.15) is 0 Å². The van der Waals surface area contributed by atoms with E-state index in [0.29, 0.717) is 5.69 Å². The number of hydrogen-bond donors (Lipinski definition) is 2. The van der Waals surface area contributed by atoms with E-state index in [4.69, 9.17) is 0 Å². The smallest absolute Gasteiger partial charge is 0.270 e. The predicted molar refractivity (Wildman–Crippen MR) is 80.3 cm³/mol. The number of nitrogens with one attached hydrogen (secondary N) is 1. The highest BCUT2D eigenvalue weighted by Gasteiger charge is 2.19. The maximum Gasteiger partial charge on any atom is 0.270 e. The lowest BCUT2D eigenvalue weighted by Gasteiger charge is -2.20. The Morgan fingerprint density at radius 2 is 1.95 bits per heavy atom. The fraction of sp³-hybridized carbons (Fsp3) is 0.200. The molecule has 0 aliphatic carbocycles. The zero-order valence-corrected chi connectivity index (χ0v) is 12.5. The van der Waals surface area contributed by atoms with E-state index < -0.39 is 12.1 Å². The van der Waals surface area contributed by atoms with Gasteiger partial charge in [0.25, 0.3) is 5.91 Å². The average Bonchev–Trinajstić information content (AvgIpc) is 2.48. The van der Waals surface area contributed by atoms with E-state index in [9.17, 15) is 9.90 Å². The molecule has 0 aliphatic heterocycles. The monoisotopic (exact) mass is 334 g/mol. The first-order valence-corrected chi connectivity index (χ1v) is 7.02. The number of amides is 1. The van der Waals surface area contributed by atoms with Gasteiger partial charge < -0.3 is 10.4 Å². The summed E-state index contributed by atoms with van der Waals surface area (Å²) in [4.78, 5) is 15.9. The zero-order chi connectivity index (χ0) is 14.5. The van der Waals surface area contributed by atoms with Crippen molar-refractivity contribution >= 4 is 21.8 Å². The van der Waals surface area contributed by atoms with Gasteiger partial charge in [-0.25, -0.2) is 0 Å². The molecule has 2 unspecified atom stereocenters. The van der Waals surface area contributed by atoms with Crippen molar-refractivity contribution in [2.24, 2.45) is 0 Å². The predicted octanol–water partition coefficient (Wildman–Crippen LogP) is 2.70. The number of aliphatic hydroxyl groups is 1. The summed E-state index contributed by atoms with van der Waals surface area (Å²) in [7, 11) is 0. The normalized spacial score (nSPS) is 13.6. The highest BCUT2D eigenvalue weighted by Crippen LogP contribution is 2.19. The lowest BCUT2D eigenvalue weighted by molar-refractivity contribution is 0.0847. The van der Waals surface area contributed by atoms with E-state index in [-0.39, 0.29) is 5.91 Å². The number of halogens is 1. The Labute approximate surface area is 126 Å². The first kappa shape index (κ1) is 14.7. The molecule has 1 amide bonds. The van der Waals surface area contributed by atoms with E-state index in [0.717, 1.165) is 10.0 Å². The summed E-state index contributed by atoms with van der Waals surface area (Å²) >= 11 is 3.34. The Morgan fingerprint density at radius 3 is 2.55 bits per heavy atom. The average molecular weight is 335 g/mol. The van der Waals surface area contributed by atoms with Gasteiger partial charge in [-0.05, 0) is 36.8 Å². The first-order valence-electron chi connectivity index (χ1n) is 6.23. The fourth-order valence-corrected chi connectivity index (χ4v) is 2.07. The van der Waals surface area contributed by atoms with Crippen LogP contribution in [0.15, 0.2) is 53.1 Å². The summed E-state index contributed by atoms with van der Waals surface area (Å²) in [5.41, 5.74) is 1.09. The minimum atomic E-state index is -0.768. The number of benzene rings is 1. The highest BCUT2D eigenvalue weighted by atomic mass is 79.9. The van der Waals surface area contributed by atoms with Gasteiger partial charge in [0.05, 0.1) is 12.1 Å². The van der Waals surface area contributed by atoms with Gasteiger partial charge in [0, 0.05) is 10.7 Å². The molecule has 1 aromatic heterocycles. The molecule has 0 spiro atoms. The van der Waals surface area contributed by atoms with E-state index in [1.54, 1.807) is 31.3 Å². The second-order valence-electron chi connectivity index (χ2n) is 4.47. The third-order valence-corrected chi connectivity index (χ3v) is 3.47. The molecule has 0 saturated carbocycles. The molecule has 2 aromatic rings. The highest BCUT2D eigenvalue weighted by molar-refractivity contribution is 9.10. The number of nitrogens with zero attached hydrogens (tertiary/aromatic N) is 1. The van der Waals surface area contributed by atoms with Crippen molar-refractivity contribution in [2.75, 3.05) is 0 Å². The number of aliphatic hydroxyl groups excluding tert-OH is 1. The molecule has 2 N–H and O–H groups in total. The summed E-state index contributed by atoms with van der Waals surface area (Å²) in [5, 5.41) is 13.0. The number of rotatable bonds is 4. The standard InChI is InChI=1S/C15H15BrN2O2/c1-10(14(19)11-5-7-12(16)8-6-11)18-15(20)13-4-2-3-9-17-13/h2-10,14,19H,1H3,(H,18,20). The number of aromatic nitrogens is 1. The summed E-state index contributed by atoms with van der Waals surface area (Å²) < 4.78 is 0.943. The molecule has 0 fully saturated rings. The summed E-state index contributed by atoms with van der Waals surface area (Å²) in [5.74, 6) is -0.297. The molecule has 0 radical (unpaired) electrons. The van der Waals surface area contributed by atoms with E-state index in [1.165, 1.54) is 0 Å². The molecule has 4 nitrogen and oxygen atoms in total. The number of hydrogen-bond acceptors (Lipinski definition) is 3. The maximum absolute atomic E-state index is 12.0. The molecular weight excluding hydrogens is 320 g/mol. The minimum Gasteiger partial charge on any atom is -0.386 e. The van der Waals surface area contributed by atoms with E-state index in [1.807, 2.05) is 24.3 Å². The van der Waals surface area contributed by atoms with Crippen LogP contribution < -0.4 is 5.32 Å². The first-order chi connectivity index (χ1) is 9.58. The van der Waals surface area contributed by atoms with Crippen molar-refractivity contribution < 1.29 is 9.90 Å². The van der Waals surface area contributed by atoms with Crippen molar-refractivity contribution in [1.29, 1.82) is 0 Å². The van der Waals surface area contributed by atoms with Crippen molar-refractivity contribution in [2.45, 2.75) is 19.1 Å². The van der Waals surface area contributed by atoms with Gasteiger partial charge >= 0.3 is 0 Å². The van der Waals surface area contributed by atoms with Crippen LogP contribution in [-0.4, -0.2) is 22.0 Å². The molecule has 0 bridgehead atoms. The second-order valence-corrected chi connectivity index (χ2v) is 5.39. The van der Waals surface area contributed by atoms with Crippen LogP contribution in [0.2, 0.25) is 0 Å². The van der Waals surface area contributed by atoms with Crippen LogP contribution in [0, 0.1) is 0 Å². The SMILES string of the molecule is CC(NC(=O)c1ccccn1)C(O)c1ccc(Br)cc1. The van der Waals surface area contributed by atoms with Crippen molar-refractivity contribution in [3.05, 3.63) is 64.4 Å². The Morgan fingerprint density at radius 1 is 1.25 bits per heavy atom. The fourth-order valence-electron chi connectivity index (χ4n) is 1.81. The lowest BCUT2D eigenvalue weighted by atomic mass is 10.0. The Bertz CT molecular complexity index is 572. The van der Waals surface area contributed by atoms with Crippen LogP contribution in [0.25, 0.3) is 0 Å². The molecule has 5 heteroatoms. The summed E-state index contributed by atoms with van der Waals surface area (Å²) in [6.45, 7) is 1.76. The molecule has 104 valence electrons. The molecule has 1 aromatic carbocycles. The maximum atomic E-state index is 12.0. The molecule has 0 saturated heterocycles. The van der Waals surface area contributed by atoms with Crippen molar-refractivity contribution in [3.63, 3.8) is 0 Å². The number of carbonyl (C=O) groups excluding carboxylic acids is 1. The summed E-state index contributed by atoms with van der Waals surface area (Å²) in [6.07, 6.45) is 0.792. The third kappa shape index (κ3) is 3.65. The van der Waals surface area contributed by atoms with Gasteiger partial charge in [0.15, 0.2) is 0 Å². The van der Waals surface area contributed by atoms with Crippen LogP contribution in [0.3, 0.4) is 0 Å². The third-order valence-electron chi connectivity index (χ3n) is 2.94. The summed E-state index contributed by atoms with van der Waals surface area (Å²) in [6, 6.07) is 12.1. The van der Waals surface area contributed by atoms with Crippen molar-refractivity contribution in [3.8, 4) is 0 Å². The Kier molecular flexibility index (Phi) is 4.87. The van der Waals surface area contributed by atoms with Crippen molar-refractivity contribution in [1.82, 2.24) is 10.3 Å². The Balaban J connectivity index is 2.02. The van der Waals surface area contributed by atoms with Crippen LogP contribution >= 0.6 is 15.9 Å². The molecule has 20 heavy (non-hydrogen) atoms. The molecule has 0 aliphatic rings. The molecule has 2 atom stereocenters. The largest absolute Gasteiger partial charge is 0.386 e. The zero-order valence-electron chi connectivity index (χ0n) is 11.0. The van der Waals surface area contributed by atoms with Crippen LogP contribution in [-0.2, 0) is 0 Å². The van der Waals surface area contributed by atoms with E-state index in [2.05, 4.69) is 26.2 Å². The van der Waals surface area contributed by atoms with Crippen LogP contribution in [0.1, 0.15) is 29.1 Å². The van der Waals surface area contributed by atoms with Crippen LogP contribution in [0.4, 0.5) is 0 Å². The van der Waals surface area contributed by atoms with E-state index >= 15 is 0 Å². The molecular formula is C15H15BrN2O2. The van der Waals surface area contributed by atoms with Gasteiger partial charge in [-0.3, -0.25) is 9.78 Å². The molecule has 1 heterocycles. The number of carbonyl (C=O) groups is 1. The molecule has 2 rings (SSSR count). The van der Waals surface area contributed by atoms with Gasteiger partial charge in [0.1, 0.15) is 5.69 Å². The van der Waals surface area contributed by atoms with Gasteiger partial charge in [0.2, 0.25) is 0 Å². The number of pyridine rings is 1. The van der Waals surface area contributed by atoms with Gasteiger partial charge in [-0.1, -0.05) is 34.1 Å². The second kappa shape index (κ2) is 6.63. The lowest BCUT2D eigenvalue weighted by Crippen LogP contribution is -2.37. The quantitative estimate of drug-likeness (QED) is 0.903.